The van der Waals surface area contributed by atoms with E-state index < -0.39 is 0 Å². The van der Waals surface area contributed by atoms with E-state index in [0.717, 1.165) is 66.8 Å². The number of furan rings is 1. The van der Waals surface area contributed by atoms with Gasteiger partial charge in [0.2, 0.25) is 0 Å². The lowest BCUT2D eigenvalue weighted by molar-refractivity contribution is 0.480. The number of ether oxygens (including phenoxy) is 1. The van der Waals surface area contributed by atoms with Gasteiger partial charge in [-0.25, -0.2) is 0 Å². The molecule has 4 nitrogen and oxygen atoms in total. The molecule has 4 heteroatoms. The summed E-state index contributed by atoms with van der Waals surface area (Å²) in [5, 5.41) is 10.1. The van der Waals surface area contributed by atoms with Crippen LogP contribution in [-0.4, -0.2) is 5.71 Å². The maximum atomic E-state index is 7.95. The first-order valence-electron chi connectivity index (χ1n) is 19.0. The summed E-state index contributed by atoms with van der Waals surface area (Å²) in [6.45, 7) is 4.23. The molecule has 0 spiro atoms. The lowest BCUT2D eigenvalue weighted by Gasteiger charge is -2.16. The summed E-state index contributed by atoms with van der Waals surface area (Å²) in [5.41, 5.74) is 19.5. The molecule has 0 atom stereocenters. The predicted octanol–water partition coefficient (Wildman–Crippen LogP) is 14.1. The zero-order valence-electron chi connectivity index (χ0n) is 31.9. The van der Waals surface area contributed by atoms with E-state index >= 15 is 0 Å². The number of rotatable bonds is 8. The number of nitrogens with one attached hydrogen (secondary N) is 1. The third kappa shape index (κ3) is 8.17. The van der Waals surface area contributed by atoms with E-state index in [1.807, 2.05) is 84.9 Å². The van der Waals surface area contributed by atoms with E-state index in [1.54, 1.807) is 6.08 Å². The number of allylic oxidation sites excluding steroid dienone is 1. The van der Waals surface area contributed by atoms with E-state index in [0.29, 0.717) is 11.4 Å². The van der Waals surface area contributed by atoms with E-state index in [-0.39, 0.29) is 0 Å². The van der Waals surface area contributed by atoms with Gasteiger partial charge in [-0.3, -0.25) is 0 Å². The minimum Gasteiger partial charge on any atom is -0.456 e. The van der Waals surface area contributed by atoms with Gasteiger partial charge in [-0.15, -0.1) is 0 Å². The molecular weight excluding hydrogens is 697 g/mol. The average molecular weight is 739 g/mol. The molecule has 1 aromatic heterocycles. The first-order chi connectivity index (χ1) is 27.9. The second-order valence-corrected chi connectivity index (χ2v) is 14.1. The van der Waals surface area contributed by atoms with Crippen LogP contribution in [0.15, 0.2) is 205 Å². The molecule has 0 saturated carbocycles. The van der Waals surface area contributed by atoms with Crippen molar-refractivity contribution >= 4 is 33.3 Å². The van der Waals surface area contributed by atoms with Crippen LogP contribution in [0.4, 0.5) is 0 Å². The molecule has 276 valence electrons. The van der Waals surface area contributed by atoms with Gasteiger partial charge in [-0.05, 0) is 94.8 Å². The maximum Gasteiger partial charge on any atom is 0.147 e. The smallest absolute Gasteiger partial charge is 0.147 e. The molecule has 9 aromatic rings. The SMILES string of the molecule is Cc1cccc(-c2c(Oc3ccc(-c4ccccc4)cc3)c(C)cc3c2oc2ccc(-c4ccccc4)cc23)c1.N=C(/C=C(\N)c1ccccc1)c1ccccc1. The number of benzene rings is 8. The van der Waals surface area contributed by atoms with Crippen molar-refractivity contribution in [3.63, 3.8) is 0 Å². The van der Waals surface area contributed by atoms with Crippen molar-refractivity contribution in [2.24, 2.45) is 5.73 Å². The monoisotopic (exact) mass is 738 g/mol. The predicted molar refractivity (Wildman–Crippen MR) is 238 cm³/mol. The molecule has 0 fully saturated rings. The molecule has 3 N–H and O–H groups in total. The number of nitrogens with two attached hydrogens (primary N) is 1. The van der Waals surface area contributed by atoms with E-state index in [1.165, 1.54) is 22.3 Å². The zero-order chi connectivity index (χ0) is 39.1. The Morgan fingerprint density at radius 3 is 1.70 bits per heavy atom. The first-order valence-corrected chi connectivity index (χ1v) is 19.0. The number of hydrogen-bond donors (Lipinski definition) is 2. The Balaban J connectivity index is 0.000000224. The van der Waals surface area contributed by atoms with Gasteiger partial charge in [0.05, 0.1) is 11.3 Å². The van der Waals surface area contributed by atoms with Crippen LogP contribution in [-0.2, 0) is 0 Å². The van der Waals surface area contributed by atoms with Crippen LogP contribution in [0.2, 0.25) is 0 Å². The van der Waals surface area contributed by atoms with E-state index in [9.17, 15) is 0 Å². The van der Waals surface area contributed by atoms with Crippen molar-refractivity contribution in [3.8, 4) is 44.9 Å². The van der Waals surface area contributed by atoms with E-state index in [4.69, 9.17) is 20.3 Å². The molecular formula is C53H42N2O2. The summed E-state index contributed by atoms with van der Waals surface area (Å²) < 4.78 is 13.3. The number of aryl methyl sites for hydroxylation is 2. The quantitative estimate of drug-likeness (QED) is 0.152. The van der Waals surface area contributed by atoms with Crippen molar-refractivity contribution in [1.82, 2.24) is 0 Å². The number of fused-ring (bicyclic) bond motifs is 3. The Labute approximate surface area is 333 Å². The van der Waals surface area contributed by atoms with Gasteiger partial charge in [0.1, 0.15) is 22.7 Å². The van der Waals surface area contributed by atoms with Gasteiger partial charge in [0, 0.05) is 16.5 Å². The Morgan fingerprint density at radius 2 is 1.07 bits per heavy atom. The molecule has 0 radical (unpaired) electrons. The lowest BCUT2D eigenvalue weighted by Crippen LogP contribution is -2.02. The van der Waals surface area contributed by atoms with Gasteiger partial charge in [-0.1, -0.05) is 169 Å². The van der Waals surface area contributed by atoms with Gasteiger partial charge in [-0.2, -0.15) is 0 Å². The fourth-order valence-corrected chi connectivity index (χ4v) is 7.07. The van der Waals surface area contributed by atoms with Crippen molar-refractivity contribution in [1.29, 1.82) is 5.41 Å². The Morgan fingerprint density at radius 1 is 0.526 bits per heavy atom. The summed E-state index contributed by atoms with van der Waals surface area (Å²) in [6, 6.07) is 65.6. The third-order valence-corrected chi connectivity index (χ3v) is 9.99. The second kappa shape index (κ2) is 16.5. The third-order valence-electron chi connectivity index (χ3n) is 9.99. The van der Waals surface area contributed by atoms with Crippen LogP contribution in [0.1, 0.15) is 22.3 Å². The van der Waals surface area contributed by atoms with Gasteiger partial charge in [0.15, 0.2) is 0 Å². The summed E-state index contributed by atoms with van der Waals surface area (Å²) in [7, 11) is 0. The van der Waals surface area contributed by atoms with Gasteiger partial charge in [0.25, 0.3) is 0 Å². The highest BCUT2D eigenvalue weighted by Crippen LogP contribution is 2.46. The molecule has 0 bridgehead atoms. The first kappa shape index (κ1) is 36.5. The maximum absolute atomic E-state index is 7.95. The standard InChI is InChI=1S/C38H28O2.C15H14N2/c1-25-10-9-15-31(22-25)36-37(39-32-19-16-29(17-20-32)27-11-5-3-6-12-27)26(2)23-34-33-24-30(28-13-7-4-8-14-28)18-21-35(33)40-38(34)36;16-14(12-7-3-1-4-8-12)11-15(17)13-9-5-2-6-10-13/h3-24H,1-2H3;1-11,16H,17H2/b;15-11-,16-14?. The molecule has 0 aliphatic carbocycles. The highest BCUT2D eigenvalue weighted by atomic mass is 16.5. The molecule has 9 rings (SSSR count). The normalized spacial score (nSPS) is 11.2. The van der Waals surface area contributed by atoms with Crippen molar-refractivity contribution in [3.05, 3.63) is 222 Å². The largest absolute Gasteiger partial charge is 0.456 e. The zero-order valence-corrected chi connectivity index (χ0v) is 31.9. The van der Waals surface area contributed by atoms with E-state index in [2.05, 4.69) is 123 Å². The van der Waals surface area contributed by atoms with Crippen molar-refractivity contribution in [2.75, 3.05) is 0 Å². The topological polar surface area (TPSA) is 72.2 Å². The Bertz CT molecular complexity index is 2820. The average Bonchev–Trinajstić information content (AvgIpc) is 3.62. The molecule has 0 aliphatic rings. The molecule has 0 saturated heterocycles. The minimum absolute atomic E-state index is 0.423. The fourth-order valence-electron chi connectivity index (χ4n) is 7.07. The lowest BCUT2D eigenvalue weighted by atomic mass is 9.96. The highest BCUT2D eigenvalue weighted by molar-refractivity contribution is 6.12. The van der Waals surface area contributed by atoms with Crippen molar-refractivity contribution < 1.29 is 9.15 Å². The van der Waals surface area contributed by atoms with Crippen LogP contribution < -0.4 is 10.5 Å². The van der Waals surface area contributed by atoms with Crippen LogP contribution >= 0.6 is 0 Å². The minimum atomic E-state index is 0.423. The van der Waals surface area contributed by atoms with Gasteiger partial charge < -0.3 is 20.3 Å². The Kier molecular flexibility index (Phi) is 10.6. The number of hydrogen-bond acceptors (Lipinski definition) is 4. The molecule has 0 aliphatic heterocycles. The summed E-state index contributed by atoms with van der Waals surface area (Å²) in [5.74, 6) is 1.60. The van der Waals surface area contributed by atoms with Crippen LogP contribution in [0.3, 0.4) is 0 Å². The second-order valence-electron chi connectivity index (χ2n) is 14.1. The van der Waals surface area contributed by atoms with Crippen LogP contribution in [0.5, 0.6) is 11.5 Å². The van der Waals surface area contributed by atoms with Crippen LogP contribution in [0.25, 0.3) is 61.0 Å². The molecule has 0 unspecified atom stereocenters. The molecule has 8 aromatic carbocycles. The Hall–Kier alpha value is -7.43. The summed E-state index contributed by atoms with van der Waals surface area (Å²) in [6.07, 6.45) is 1.69. The van der Waals surface area contributed by atoms with Crippen molar-refractivity contribution in [2.45, 2.75) is 13.8 Å². The summed E-state index contributed by atoms with van der Waals surface area (Å²) >= 11 is 0. The van der Waals surface area contributed by atoms with Gasteiger partial charge >= 0.3 is 0 Å². The fraction of sp³-hybridized carbons (Fsp3) is 0.0377. The molecule has 0 amide bonds. The molecule has 57 heavy (non-hydrogen) atoms. The van der Waals surface area contributed by atoms with Crippen LogP contribution in [0, 0.1) is 19.3 Å². The molecule has 1 heterocycles. The highest BCUT2D eigenvalue weighted by Gasteiger charge is 2.21. The summed E-state index contributed by atoms with van der Waals surface area (Å²) in [4.78, 5) is 0.